The van der Waals surface area contributed by atoms with E-state index in [1.165, 1.54) is 16.9 Å². The largest absolute Gasteiger partial charge is 0.497 e. The molecule has 2 aromatic rings. The van der Waals surface area contributed by atoms with Gasteiger partial charge in [0.25, 0.3) is 0 Å². The van der Waals surface area contributed by atoms with E-state index in [1.54, 1.807) is 25.4 Å². The fourth-order valence-corrected chi connectivity index (χ4v) is 1.22. The third-order valence-electron chi connectivity index (χ3n) is 2.00. The van der Waals surface area contributed by atoms with Crippen LogP contribution in [0.4, 0.5) is 0 Å². The van der Waals surface area contributed by atoms with E-state index in [1.807, 2.05) is 0 Å². The van der Waals surface area contributed by atoms with Crippen LogP contribution in [-0.2, 0) is 0 Å². The summed E-state index contributed by atoms with van der Waals surface area (Å²) in [6, 6.07) is 4.77. The summed E-state index contributed by atoms with van der Waals surface area (Å²) in [6.45, 7) is 0. The number of ether oxygens (including phenoxy) is 1. The van der Waals surface area contributed by atoms with Gasteiger partial charge in [-0.05, 0) is 12.1 Å². The maximum atomic E-state index is 10.6. The molecule has 0 amide bonds. The predicted molar refractivity (Wildman–Crippen MR) is 54.9 cm³/mol. The van der Waals surface area contributed by atoms with Crippen LogP contribution in [0.25, 0.3) is 5.82 Å². The quantitative estimate of drug-likeness (QED) is 0.832. The molecule has 2 heterocycles. The number of aromatic carboxylic acids is 1. The molecule has 0 spiro atoms. The van der Waals surface area contributed by atoms with Crippen molar-refractivity contribution in [1.82, 2.24) is 14.8 Å². The first-order valence-electron chi connectivity index (χ1n) is 4.50. The molecule has 6 heteroatoms. The Morgan fingerprint density at radius 1 is 1.50 bits per heavy atom. The number of hydrogen-bond acceptors (Lipinski definition) is 4. The van der Waals surface area contributed by atoms with Crippen LogP contribution in [0.3, 0.4) is 0 Å². The monoisotopic (exact) mass is 219 g/mol. The van der Waals surface area contributed by atoms with Crippen LogP contribution in [-0.4, -0.2) is 33.0 Å². The molecule has 0 fully saturated rings. The van der Waals surface area contributed by atoms with Crippen LogP contribution < -0.4 is 4.74 Å². The second-order valence-electron chi connectivity index (χ2n) is 3.00. The summed E-state index contributed by atoms with van der Waals surface area (Å²) in [5, 5.41) is 12.6. The van der Waals surface area contributed by atoms with E-state index in [0.717, 1.165) is 0 Å². The first kappa shape index (κ1) is 10.2. The minimum atomic E-state index is -1.07. The normalized spacial score (nSPS) is 10.1. The molecular weight excluding hydrogens is 210 g/mol. The van der Waals surface area contributed by atoms with Crippen molar-refractivity contribution in [3.8, 4) is 11.6 Å². The van der Waals surface area contributed by atoms with Crippen molar-refractivity contribution in [1.29, 1.82) is 0 Å². The zero-order chi connectivity index (χ0) is 11.5. The number of aromatic nitrogens is 3. The fourth-order valence-electron chi connectivity index (χ4n) is 1.22. The molecule has 0 radical (unpaired) electrons. The topological polar surface area (TPSA) is 77.2 Å². The van der Waals surface area contributed by atoms with Crippen LogP contribution in [0.5, 0.6) is 5.75 Å². The van der Waals surface area contributed by atoms with E-state index in [9.17, 15) is 4.79 Å². The Morgan fingerprint density at radius 2 is 2.31 bits per heavy atom. The van der Waals surface area contributed by atoms with Gasteiger partial charge in [-0.25, -0.2) is 14.5 Å². The number of methoxy groups -OCH3 is 1. The zero-order valence-corrected chi connectivity index (χ0v) is 8.49. The molecule has 0 atom stereocenters. The minimum absolute atomic E-state index is 0.0235. The van der Waals surface area contributed by atoms with Gasteiger partial charge in [0, 0.05) is 18.5 Å². The Bertz CT molecular complexity index is 522. The first-order chi connectivity index (χ1) is 7.70. The predicted octanol–water partition coefficient (Wildman–Crippen LogP) is 0.974. The highest BCUT2D eigenvalue weighted by Gasteiger charge is 2.08. The van der Waals surface area contributed by atoms with Crippen molar-refractivity contribution in [2.45, 2.75) is 0 Å². The maximum absolute atomic E-state index is 10.6. The van der Waals surface area contributed by atoms with E-state index >= 15 is 0 Å². The van der Waals surface area contributed by atoms with E-state index < -0.39 is 5.97 Å². The van der Waals surface area contributed by atoms with E-state index in [2.05, 4.69) is 10.1 Å². The summed E-state index contributed by atoms with van der Waals surface area (Å²) < 4.78 is 6.41. The summed E-state index contributed by atoms with van der Waals surface area (Å²) in [5.74, 6) is 0.0749. The molecule has 0 saturated heterocycles. The average molecular weight is 219 g/mol. The van der Waals surface area contributed by atoms with Crippen molar-refractivity contribution in [2.24, 2.45) is 0 Å². The van der Waals surface area contributed by atoms with Crippen LogP contribution in [0.2, 0.25) is 0 Å². The number of carboxylic acid groups (broad SMARTS) is 1. The summed E-state index contributed by atoms with van der Waals surface area (Å²) in [7, 11) is 1.55. The lowest BCUT2D eigenvalue weighted by Gasteiger charge is -2.02. The molecule has 0 saturated carbocycles. The second-order valence-corrected chi connectivity index (χ2v) is 3.00. The number of carboxylic acids is 1. The Labute approximate surface area is 91.1 Å². The SMILES string of the molecule is COc1ccnc(-n2ccc(C(=O)O)n2)c1. The fraction of sp³-hybridized carbons (Fsp3) is 0.100. The van der Waals surface area contributed by atoms with Gasteiger partial charge < -0.3 is 9.84 Å². The Kier molecular flexibility index (Phi) is 2.55. The molecule has 0 aliphatic carbocycles. The zero-order valence-electron chi connectivity index (χ0n) is 8.49. The molecule has 1 N–H and O–H groups in total. The molecule has 0 aliphatic rings. The summed E-state index contributed by atoms with van der Waals surface area (Å²) in [5.41, 5.74) is -0.0235. The number of rotatable bonds is 3. The molecular formula is C10H9N3O3. The molecule has 2 aromatic heterocycles. The lowest BCUT2D eigenvalue weighted by Crippen LogP contribution is -2.02. The molecule has 82 valence electrons. The standard InChI is InChI=1S/C10H9N3O3/c1-16-7-2-4-11-9(6-7)13-5-3-8(12-13)10(14)15/h2-6H,1H3,(H,14,15). The Hall–Kier alpha value is -2.37. The van der Waals surface area contributed by atoms with E-state index in [-0.39, 0.29) is 5.69 Å². The third-order valence-corrected chi connectivity index (χ3v) is 2.00. The van der Waals surface area contributed by atoms with Crippen molar-refractivity contribution < 1.29 is 14.6 Å². The van der Waals surface area contributed by atoms with Gasteiger partial charge in [-0.1, -0.05) is 0 Å². The highest BCUT2D eigenvalue weighted by Crippen LogP contribution is 2.13. The van der Waals surface area contributed by atoms with Gasteiger partial charge in [0.15, 0.2) is 11.5 Å². The Balaban J connectivity index is 2.38. The minimum Gasteiger partial charge on any atom is -0.497 e. The van der Waals surface area contributed by atoms with Gasteiger partial charge in [0.1, 0.15) is 5.75 Å². The van der Waals surface area contributed by atoms with Crippen molar-refractivity contribution in [2.75, 3.05) is 7.11 Å². The molecule has 16 heavy (non-hydrogen) atoms. The van der Waals surface area contributed by atoms with Gasteiger partial charge >= 0.3 is 5.97 Å². The van der Waals surface area contributed by atoms with Crippen molar-refractivity contribution in [3.05, 3.63) is 36.3 Å². The van der Waals surface area contributed by atoms with Crippen LogP contribution in [0.1, 0.15) is 10.5 Å². The third kappa shape index (κ3) is 1.85. The summed E-state index contributed by atoms with van der Waals surface area (Å²) in [6.07, 6.45) is 3.10. The molecule has 6 nitrogen and oxygen atoms in total. The van der Waals surface area contributed by atoms with Gasteiger partial charge in [0.2, 0.25) is 0 Å². The van der Waals surface area contributed by atoms with Gasteiger partial charge in [-0.15, -0.1) is 0 Å². The van der Waals surface area contributed by atoms with E-state index in [0.29, 0.717) is 11.6 Å². The number of pyridine rings is 1. The van der Waals surface area contributed by atoms with Crippen molar-refractivity contribution >= 4 is 5.97 Å². The molecule has 0 bridgehead atoms. The van der Waals surface area contributed by atoms with E-state index in [4.69, 9.17) is 9.84 Å². The number of carbonyl (C=O) groups is 1. The second kappa shape index (κ2) is 4.01. The van der Waals surface area contributed by atoms with Crippen LogP contribution in [0, 0.1) is 0 Å². The number of nitrogens with zero attached hydrogens (tertiary/aromatic N) is 3. The van der Waals surface area contributed by atoms with Gasteiger partial charge in [-0.3, -0.25) is 0 Å². The molecule has 0 unspecified atom stereocenters. The summed E-state index contributed by atoms with van der Waals surface area (Å²) in [4.78, 5) is 14.7. The van der Waals surface area contributed by atoms with Gasteiger partial charge in [0.05, 0.1) is 7.11 Å². The average Bonchev–Trinajstić information content (AvgIpc) is 2.78. The van der Waals surface area contributed by atoms with Crippen molar-refractivity contribution in [3.63, 3.8) is 0 Å². The van der Waals surface area contributed by atoms with Crippen LogP contribution >= 0.6 is 0 Å². The maximum Gasteiger partial charge on any atom is 0.356 e. The van der Waals surface area contributed by atoms with Crippen LogP contribution in [0.15, 0.2) is 30.6 Å². The summed E-state index contributed by atoms with van der Waals surface area (Å²) >= 11 is 0. The molecule has 0 aromatic carbocycles. The lowest BCUT2D eigenvalue weighted by molar-refractivity contribution is 0.0690. The smallest absolute Gasteiger partial charge is 0.356 e. The van der Waals surface area contributed by atoms with Gasteiger partial charge in [-0.2, -0.15) is 5.10 Å². The highest BCUT2D eigenvalue weighted by atomic mass is 16.5. The highest BCUT2D eigenvalue weighted by molar-refractivity contribution is 5.85. The molecule has 0 aliphatic heterocycles. The Morgan fingerprint density at radius 3 is 2.94 bits per heavy atom. The first-order valence-corrected chi connectivity index (χ1v) is 4.50. The lowest BCUT2D eigenvalue weighted by atomic mass is 10.4. The number of hydrogen-bond donors (Lipinski definition) is 1. The molecule has 2 rings (SSSR count).